The van der Waals surface area contributed by atoms with Gasteiger partial charge in [0.15, 0.2) is 11.5 Å². The summed E-state index contributed by atoms with van der Waals surface area (Å²) in [5, 5.41) is 17.7. The number of halogens is 2. The first-order valence-electron chi connectivity index (χ1n) is 30.2. The fraction of sp³-hybridized carbons (Fsp3) is 0.522. The van der Waals surface area contributed by atoms with Gasteiger partial charge in [-0.1, -0.05) is 184 Å². The van der Waals surface area contributed by atoms with Crippen molar-refractivity contribution in [3.05, 3.63) is 142 Å². The molecule has 0 radical (unpaired) electrons. The smallest absolute Gasteiger partial charge is 0.407 e. The number of rotatable bonds is 36. The number of amides is 6. The number of cyclic esters (lactones) is 2. The van der Waals surface area contributed by atoms with Crippen molar-refractivity contribution in [2.75, 3.05) is 38.8 Å². The van der Waals surface area contributed by atoms with Gasteiger partial charge in [0.05, 0.1) is 14.2 Å². The van der Waals surface area contributed by atoms with Crippen LogP contribution in [0.2, 0.25) is 0 Å². The molecule has 0 bridgehead atoms. The van der Waals surface area contributed by atoms with E-state index in [0.29, 0.717) is 66.8 Å². The Morgan fingerprint density at radius 3 is 1.35 bits per heavy atom. The standard InChI is InChI=1S/C67H96Cl2N6O14S2/c1-44(42-46(3)52-32-34-54(84-13)62(80)88-52)22-15-17-26-56(76)74-58(66(7,8)9)60(78)70-36-19-24-50(30-28-48(5)68)86-64(82)72-38-21-40-90-91-41-39-73-65(83)87-51(31-29-49(6)69)25-20-37-71-61(79)59(67(10,11)12)75-57(77)27-18-16-23-45(2)43-47(4)53-33-35-55(85-14)63(81)89-53/h15-20,22-23,26-29,34-37,42-43,46-47,50-53,58-59H,21,24-25,30-33,38-41H2,1-14H3,(H,70,78)(H,71,79)(H,72,82)(H,73,83)(H,74,76)(H,75,77)/b22-15-,23-16-,26-17-,27-18-,36-19-,37-20-,44-42+,45-43+,48-28+,49-29+/t46-,47-,50+,51+,52-,53-,58+,59+/m0/s1. The number of carbonyl (C=O) groups is 8. The molecule has 6 amide bonds. The average Bonchev–Trinajstić information content (AvgIpc) is 1.42. The molecule has 2 aliphatic rings. The lowest BCUT2D eigenvalue weighted by atomic mass is 9.86. The van der Waals surface area contributed by atoms with Gasteiger partial charge >= 0.3 is 24.1 Å². The van der Waals surface area contributed by atoms with Crippen molar-refractivity contribution in [1.29, 1.82) is 0 Å². The van der Waals surface area contributed by atoms with Gasteiger partial charge in [0, 0.05) is 97.2 Å². The Balaban J connectivity index is 1.77. The van der Waals surface area contributed by atoms with Crippen LogP contribution < -0.4 is 31.9 Å². The number of ether oxygens (including phenoxy) is 6. The monoisotopic (exact) mass is 1340 g/mol. The fourth-order valence-corrected chi connectivity index (χ4v) is 10.7. The summed E-state index contributed by atoms with van der Waals surface area (Å²) in [6.45, 7) is 22.9. The Hall–Kier alpha value is -6.88. The topological polar surface area (TPSA) is 264 Å². The molecule has 2 heterocycles. The summed E-state index contributed by atoms with van der Waals surface area (Å²) < 4.78 is 32.4. The van der Waals surface area contributed by atoms with Crippen LogP contribution in [0.4, 0.5) is 9.59 Å². The van der Waals surface area contributed by atoms with E-state index in [9.17, 15) is 38.4 Å². The molecule has 20 nitrogen and oxygen atoms in total. The molecular weight excluding hydrogens is 1250 g/mol. The molecule has 0 saturated carbocycles. The second-order valence-electron chi connectivity index (χ2n) is 23.7. The molecule has 0 aromatic rings. The molecule has 2 rings (SSSR count). The average molecular weight is 1340 g/mol. The van der Waals surface area contributed by atoms with Crippen LogP contribution in [0.25, 0.3) is 0 Å². The number of nitrogens with one attached hydrogen (secondary N) is 6. The maximum Gasteiger partial charge on any atom is 0.407 e. The molecule has 2 aliphatic heterocycles. The number of hydrogen-bond donors (Lipinski definition) is 6. The highest BCUT2D eigenvalue weighted by Gasteiger charge is 2.34. The van der Waals surface area contributed by atoms with E-state index in [-0.39, 0.29) is 48.4 Å². The summed E-state index contributed by atoms with van der Waals surface area (Å²) in [5.41, 5.74) is 0.537. The predicted molar refractivity (Wildman–Crippen MR) is 363 cm³/mol. The lowest BCUT2D eigenvalue weighted by Gasteiger charge is -2.29. The van der Waals surface area contributed by atoms with Gasteiger partial charge in [-0.15, -0.1) is 0 Å². The minimum absolute atomic E-state index is 0.0555. The van der Waals surface area contributed by atoms with Crippen LogP contribution in [-0.2, 0) is 57.2 Å². The highest BCUT2D eigenvalue weighted by atomic mass is 35.5. The number of alkyl carbamates (subject to hydrolysis) is 2. The first-order chi connectivity index (χ1) is 42.9. The first-order valence-corrected chi connectivity index (χ1v) is 33.4. The van der Waals surface area contributed by atoms with Gasteiger partial charge in [0.25, 0.3) is 0 Å². The molecule has 0 aromatic carbocycles. The zero-order chi connectivity index (χ0) is 68.1. The van der Waals surface area contributed by atoms with Crippen molar-refractivity contribution < 1.29 is 66.8 Å². The third-order valence-electron chi connectivity index (χ3n) is 13.5. The summed E-state index contributed by atoms with van der Waals surface area (Å²) in [7, 11) is 5.99. The Bertz CT molecular complexity index is 2630. The zero-order valence-corrected chi connectivity index (χ0v) is 58.2. The first kappa shape index (κ1) is 80.2. The second kappa shape index (κ2) is 43.0. The Morgan fingerprint density at radius 2 is 0.978 bits per heavy atom. The highest BCUT2D eigenvalue weighted by molar-refractivity contribution is 8.76. The predicted octanol–water partition coefficient (Wildman–Crippen LogP) is 12.2. The Kier molecular flexibility index (Phi) is 37.9. The van der Waals surface area contributed by atoms with E-state index in [2.05, 4.69) is 31.9 Å². The van der Waals surface area contributed by atoms with Crippen LogP contribution in [0.15, 0.2) is 142 Å². The van der Waals surface area contributed by atoms with Crippen molar-refractivity contribution >= 4 is 92.5 Å². The van der Waals surface area contributed by atoms with E-state index in [1.807, 2.05) is 93.5 Å². The van der Waals surface area contributed by atoms with Gasteiger partial charge in [-0.05, 0) is 69.5 Å². The minimum Gasteiger partial charge on any atom is -0.490 e. The molecule has 6 N–H and O–H groups in total. The van der Waals surface area contributed by atoms with Gasteiger partial charge in [0.1, 0.15) is 36.5 Å². The van der Waals surface area contributed by atoms with E-state index in [0.717, 1.165) is 11.1 Å². The normalized spacial score (nSPS) is 18.4. The molecule has 0 aliphatic carbocycles. The Morgan fingerprint density at radius 1 is 0.593 bits per heavy atom. The molecule has 504 valence electrons. The van der Waals surface area contributed by atoms with Gasteiger partial charge in [-0.2, -0.15) is 0 Å². The highest BCUT2D eigenvalue weighted by Crippen LogP contribution is 2.26. The molecule has 0 saturated heterocycles. The Labute approximate surface area is 556 Å². The van der Waals surface area contributed by atoms with Crippen LogP contribution in [0, 0.1) is 22.7 Å². The van der Waals surface area contributed by atoms with E-state index >= 15 is 0 Å². The number of esters is 2. The third kappa shape index (κ3) is 34.9. The van der Waals surface area contributed by atoms with Crippen LogP contribution >= 0.6 is 44.8 Å². The molecule has 91 heavy (non-hydrogen) atoms. The van der Waals surface area contributed by atoms with E-state index in [1.54, 1.807) is 96.2 Å². The molecule has 0 spiro atoms. The molecule has 0 aromatic heterocycles. The minimum atomic E-state index is -0.885. The number of methoxy groups -OCH3 is 2. The van der Waals surface area contributed by atoms with Crippen molar-refractivity contribution in [3.63, 3.8) is 0 Å². The van der Waals surface area contributed by atoms with E-state index in [4.69, 9.17) is 51.6 Å². The largest absolute Gasteiger partial charge is 0.490 e. The van der Waals surface area contributed by atoms with Crippen LogP contribution in [-0.4, -0.2) is 123 Å². The molecule has 0 fully saturated rings. The van der Waals surface area contributed by atoms with Crippen molar-refractivity contribution in [2.24, 2.45) is 22.7 Å². The number of allylic oxidation sites excluding steroid dienone is 10. The van der Waals surface area contributed by atoms with Gasteiger partial charge in [-0.3, -0.25) is 19.2 Å². The van der Waals surface area contributed by atoms with Crippen molar-refractivity contribution in [1.82, 2.24) is 31.9 Å². The van der Waals surface area contributed by atoms with Gasteiger partial charge in [0.2, 0.25) is 23.6 Å². The maximum atomic E-state index is 13.3. The summed E-state index contributed by atoms with van der Waals surface area (Å²) in [5.74, 6) is -1.17. The molecule has 24 heteroatoms. The SMILES string of the molecule is COC1=CC[C@@H]([C@@H](C)/C=C(C)/C=C\C=C/C(=O)N[C@H](C(=O)N/C=C\C[C@H](C/C=C(\C)Cl)OC(=O)NCCCSSCCNC(=O)O[C@H](C/C=C\NC(=O)[C@@H](NC(=O)\C=C/C=C\C(C)=C\[C@H](C)[C@@H]2CC=C(OC)C(=O)O2)C(C)(C)C)C/C=C(\C)Cl)C(C)(C)C)OC1=O. The van der Waals surface area contributed by atoms with Crippen molar-refractivity contribution in [3.8, 4) is 0 Å². The van der Waals surface area contributed by atoms with Crippen molar-refractivity contribution in [2.45, 2.75) is 165 Å². The lowest BCUT2D eigenvalue weighted by molar-refractivity contribution is -0.152. The fourth-order valence-electron chi connectivity index (χ4n) is 8.55. The summed E-state index contributed by atoms with van der Waals surface area (Å²) in [6, 6.07) is -1.77. The van der Waals surface area contributed by atoms with Gasteiger partial charge in [-0.25, -0.2) is 19.2 Å². The van der Waals surface area contributed by atoms with Gasteiger partial charge < -0.3 is 60.3 Å². The van der Waals surface area contributed by atoms with Crippen LogP contribution in [0.1, 0.15) is 128 Å². The number of hydrogen-bond acceptors (Lipinski definition) is 16. The second-order valence-corrected chi connectivity index (χ2v) is 27.6. The maximum absolute atomic E-state index is 13.3. The zero-order valence-electron chi connectivity index (χ0n) is 55.1. The van der Waals surface area contributed by atoms with Crippen LogP contribution in [0.5, 0.6) is 0 Å². The van der Waals surface area contributed by atoms with E-state index < -0.39 is 82.9 Å². The third-order valence-corrected chi connectivity index (χ3v) is 16.3. The quantitative estimate of drug-likeness (QED) is 0.00850. The molecule has 0 unspecified atom stereocenters. The number of carbonyl (C=O) groups excluding carboxylic acids is 8. The summed E-state index contributed by atoms with van der Waals surface area (Å²) in [6.07, 6.45) is 29.9. The van der Waals surface area contributed by atoms with Crippen LogP contribution in [0.3, 0.4) is 0 Å². The van der Waals surface area contributed by atoms with E-state index in [1.165, 1.54) is 38.8 Å². The molecule has 8 atom stereocenters. The summed E-state index contributed by atoms with van der Waals surface area (Å²) in [4.78, 5) is 102. The summed E-state index contributed by atoms with van der Waals surface area (Å²) >= 11 is 12.2. The molecular formula is C67H96Cl2N6O14S2. The lowest BCUT2D eigenvalue weighted by Crippen LogP contribution is -2.52.